The number of carbonyl (C=O) groups excluding carboxylic acids is 1. The minimum atomic E-state index is 0.0426. The maximum atomic E-state index is 12.8. The van der Waals surface area contributed by atoms with Crippen molar-refractivity contribution in [2.75, 3.05) is 25.0 Å². The van der Waals surface area contributed by atoms with E-state index in [2.05, 4.69) is 24.1 Å². The Bertz CT molecular complexity index is 953. The van der Waals surface area contributed by atoms with Gasteiger partial charge in [-0.05, 0) is 62.6 Å². The Balaban J connectivity index is 2.11. The van der Waals surface area contributed by atoms with Crippen LogP contribution in [0.25, 0.3) is 0 Å². The highest BCUT2D eigenvalue weighted by atomic mass is 16.2. The minimum absolute atomic E-state index is 0.0426. The number of rotatable bonds is 7. The largest absolute Gasteiger partial charge is 0.384 e. The predicted molar refractivity (Wildman–Crippen MR) is 121 cm³/mol. The molecule has 5 heteroatoms. The molecule has 0 saturated carbocycles. The van der Waals surface area contributed by atoms with Crippen molar-refractivity contribution in [1.29, 1.82) is 5.41 Å². The summed E-state index contributed by atoms with van der Waals surface area (Å²) >= 11 is 0. The zero-order chi connectivity index (χ0) is 21.4. The highest BCUT2D eigenvalue weighted by Crippen LogP contribution is 2.18. The Morgan fingerprint density at radius 2 is 1.93 bits per heavy atom. The lowest BCUT2D eigenvalue weighted by molar-refractivity contribution is 0.0763. The number of amides is 1. The van der Waals surface area contributed by atoms with E-state index < -0.39 is 0 Å². The molecule has 0 saturated heterocycles. The number of amidine groups is 1. The van der Waals surface area contributed by atoms with Gasteiger partial charge >= 0.3 is 0 Å². The molecular formula is C24H30N4O. The summed E-state index contributed by atoms with van der Waals surface area (Å²) in [5, 5.41) is 10.7. The summed E-state index contributed by atoms with van der Waals surface area (Å²) in [5.74, 6) is 6.45. The van der Waals surface area contributed by atoms with E-state index in [9.17, 15) is 4.79 Å². The minimum Gasteiger partial charge on any atom is -0.384 e. The van der Waals surface area contributed by atoms with Crippen LogP contribution in [0.4, 0.5) is 5.69 Å². The fraction of sp³-hybridized carbons (Fsp3) is 0.333. The summed E-state index contributed by atoms with van der Waals surface area (Å²) in [6.07, 6.45) is 0.948. The first-order valence-corrected chi connectivity index (χ1v) is 9.95. The van der Waals surface area contributed by atoms with E-state index in [4.69, 9.17) is 11.1 Å². The molecule has 0 bridgehead atoms. The summed E-state index contributed by atoms with van der Waals surface area (Å²) in [4.78, 5) is 14.7. The lowest BCUT2D eigenvalue weighted by Crippen LogP contribution is -2.32. The normalized spacial score (nSPS) is 10.1. The van der Waals surface area contributed by atoms with Gasteiger partial charge in [0.25, 0.3) is 5.91 Å². The van der Waals surface area contributed by atoms with Crippen LogP contribution in [0, 0.1) is 31.1 Å². The number of aryl methyl sites for hydroxylation is 2. The summed E-state index contributed by atoms with van der Waals surface area (Å²) in [5.41, 5.74) is 10.7. The number of hydrogen-bond acceptors (Lipinski definition) is 3. The highest BCUT2D eigenvalue weighted by Gasteiger charge is 2.16. The number of hydrogen-bond donors (Lipinski definition) is 3. The van der Waals surface area contributed by atoms with Gasteiger partial charge in [-0.1, -0.05) is 30.9 Å². The lowest BCUT2D eigenvalue weighted by atomic mass is 9.99. The molecule has 1 amide bonds. The molecule has 0 radical (unpaired) electrons. The van der Waals surface area contributed by atoms with Crippen LogP contribution in [-0.2, 0) is 0 Å². The highest BCUT2D eigenvalue weighted by molar-refractivity contribution is 5.96. The van der Waals surface area contributed by atoms with Gasteiger partial charge in [0.1, 0.15) is 5.84 Å². The Kier molecular flexibility index (Phi) is 7.85. The lowest BCUT2D eigenvalue weighted by Gasteiger charge is -2.21. The SMILES string of the molecule is CCCN(CC)C(=O)c1cc(C)c(C#CCNc2cccc(C(=N)N)c2)cc1C. The third kappa shape index (κ3) is 5.86. The Morgan fingerprint density at radius 1 is 1.17 bits per heavy atom. The van der Waals surface area contributed by atoms with Gasteiger partial charge in [-0.25, -0.2) is 0 Å². The predicted octanol–water partition coefficient (Wildman–Crippen LogP) is 3.92. The number of carbonyl (C=O) groups is 1. The molecule has 0 heterocycles. The molecule has 2 rings (SSSR count). The first-order valence-electron chi connectivity index (χ1n) is 9.95. The third-order valence-corrected chi connectivity index (χ3v) is 4.74. The molecule has 2 aromatic rings. The molecule has 4 N–H and O–H groups in total. The number of benzene rings is 2. The average molecular weight is 391 g/mol. The van der Waals surface area contributed by atoms with Crippen LogP contribution >= 0.6 is 0 Å². The number of nitrogens with one attached hydrogen (secondary N) is 2. The molecule has 0 unspecified atom stereocenters. The van der Waals surface area contributed by atoms with Crippen molar-refractivity contribution in [3.8, 4) is 11.8 Å². The standard InChI is InChI=1S/C24H30N4O/c1-5-13-28(6-2)24(29)22-15-17(3)19(14-18(22)4)10-8-12-27-21-11-7-9-20(16-21)23(25)26/h7,9,11,14-16,27H,5-6,12-13H2,1-4H3,(H3,25,26). The molecule has 0 aromatic heterocycles. The zero-order valence-electron chi connectivity index (χ0n) is 17.7. The molecule has 0 spiro atoms. The zero-order valence-corrected chi connectivity index (χ0v) is 17.7. The van der Waals surface area contributed by atoms with E-state index in [-0.39, 0.29) is 11.7 Å². The molecule has 29 heavy (non-hydrogen) atoms. The van der Waals surface area contributed by atoms with Gasteiger partial charge < -0.3 is 16.0 Å². The van der Waals surface area contributed by atoms with Gasteiger partial charge in [0, 0.05) is 35.5 Å². The number of nitrogens with two attached hydrogens (primary N) is 1. The van der Waals surface area contributed by atoms with Crippen LogP contribution in [0.1, 0.15) is 52.9 Å². The van der Waals surface area contributed by atoms with E-state index in [1.54, 1.807) is 6.07 Å². The van der Waals surface area contributed by atoms with Crippen LogP contribution in [0.3, 0.4) is 0 Å². The second-order valence-corrected chi connectivity index (χ2v) is 7.02. The number of anilines is 1. The van der Waals surface area contributed by atoms with Gasteiger partial charge in [-0.2, -0.15) is 0 Å². The smallest absolute Gasteiger partial charge is 0.254 e. The quantitative estimate of drug-likeness (QED) is 0.381. The van der Waals surface area contributed by atoms with Crippen molar-refractivity contribution in [2.24, 2.45) is 5.73 Å². The van der Waals surface area contributed by atoms with Gasteiger partial charge in [0.2, 0.25) is 0 Å². The van der Waals surface area contributed by atoms with Crippen molar-refractivity contribution >= 4 is 17.4 Å². The van der Waals surface area contributed by atoms with E-state index >= 15 is 0 Å². The van der Waals surface area contributed by atoms with E-state index in [1.807, 2.05) is 56.0 Å². The summed E-state index contributed by atoms with van der Waals surface area (Å²) < 4.78 is 0. The van der Waals surface area contributed by atoms with Gasteiger partial charge in [-0.15, -0.1) is 0 Å². The molecule has 0 aliphatic heterocycles. The molecule has 0 atom stereocenters. The average Bonchev–Trinajstić information content (AvgIpc) is 2.71. The van der Waals surface area contributed by atoms with Crippen molar-refractivity contribution in [2.45, 2.75) is 34.1 Å². The maximum absolute atomic E-state index is 12.8. The fourth-order valence-electron chi connectivity index (χ4n) is 3.11. The Labute approximate surface area is 173 Å². The molecule has 152 valence electrons. The molecule has 0 aliphatic carbocycles. The number of nitrogens with zero attached hydrogens (tertiary/aromatic N) is 1. The maximum Gasteiger partial charge on any atom is 0.254 e. The second kappa shape index (κ2) is 10.3. The van der Waals surface area contributed by atoms with Crippen LogP contribution in [0.15, 0.2) is 36.4 Å². The van der Waals surface area contributed by atoms with Crippen molar-refractivity contribution in [3.63, 3.8) is 0 Å². The fourth-order valence-corrected chi connectivity index (χ4v) is 3.11. The van der Waals surface area contributed by atoms with Crippen LogP contribution < -0.4 is 11.1 Å². The van der Waals surface area contributed by atoms with Crippen molar-refractivity contribution < 1.29 is 4.79 Å². The second-order valence-electron chi connectivity index (χ2n) is 7.02. The third-order valence-electron chi connectivity index (χ3n) is 4.74. The molecule has 2 aromatic carbocycles. The van der Waals surface area contributed by atoms with Crippen molar-refractivity contribution in [3.05, 3.63) is 64.2 Å². The molecule has 5 nitrogen and oxygen atoms in total. The van der Waals surface area contributed by atoms with E-state index in [1.165, 1.54) is 0 Å². The van der Waals surface area contributed by atoms with Gasteiger partial charge in [-0.3, -0.25) is 10.2 Å². The molecule has 0 fully saturated rings. The van der Waals surface area contributed by atoms with Crippen LogP contribution in [-0.4, -0.2) is 36.3 Å². The molecule has 0 aliphatic rings. The van der Waals surface area contributed by atoms with Crippen LogP contribution in [0.5, 0.6) is 0 Å². The number of nitrogen functional groups attached to an aromatic ring is 1. The summed E-state index contributed by atoms with van der Waals surface area (Å²) in [6.45, 7) is 9.99. The van der Waals surface area contributed by atoms with Gasteiger partial charge in [0.05, 0.1) is 6.54 Å². The van der Waals surface area contributed by atoms with Crippen molar-refractivity contribution in [1.82, 2.24) is 4.90 Å². The van der Waals surface area contributed by atoms with Crippen LogP contribution in [0.2, 0.25) is 0 Å². The summed E-state index contributed by atoms with van der Waals surface area (Å²) in [6, 6.07) is 11.3. The first kappa shape index (κ1) is 22.0. The van der Waals surface area contributed by atoms with E-state index in [0.29, 0.717) is 18.7 Å². The van der Waals surface area contributed by atoms with E-state index in [0.717, 1.165) is 40.9 Å². The monoisotopic (exact) mass is 390 g/mol. The Hall–Kier alpha value is -3.26. The summed E-state index contributed by atoms with van der Waals surface area (Å²) in [7, 11) is 0. The Morgan fingerprint density at radius 3 is 2.59 bits per heavy atom. The van der Waals surface area contributed by atoms with Gasteiger partial charge in [0.15, 0.2) is 0 Å². The molecular weight excluding hydrogens is 360 g/mol. The topological polar surface area (TPSA) is 82.2 Å². The first-order chi connectivity index (χ1) is 13.9.